The Morgan fingerprint density at radius 3 is 2.72 bits per heavy atom. The number of nitrogens with zero attached hydrogens (tertiary/aromatic N) is 2. The zero-order valence-corrected chi connectivity index (χ0v) is 17.4. The number of hydrogen-bond acceptors (Lipinski definition) is 4. The van der Waals surface area contributed by atoms with E-state index in [2.05, 4.69) is 45.9 Å². The van der Waals surface area contributed by atoms with Crippen molar-refractivity contribution in [2.45, 2.75) is 37.8 Å². The molecular weight excluding hydrogens is 380 g/mol. The second-order valence-corrected chi connectivity index (χ2v) is 9.91. The molecule has 2 atom stereocenters. The Kier molecular flexibility index (Phi) is 4.36. The minimum atomic E-state index is 0.166. The van der Waals surface area contributed by atoms with Gasteiger partial charge in [0.15, 0.2) is 0 Å². The van der Waals surface area contributed by atoms with Gasteiger partial charge in [0.2, 0.25) is 0 Å². The average Bonchev–Trinajstić information content (AvgIpc) is 3.19. The van der Waals surface area contributed by atoms with Gasteiger partial charge in [-0.05, 0) is 48.8 Å². The van der Waals surface area contributed by atoms with Gasteiger partial charge in [0.25, 0.3) is 5.56 Å². The van der Waals surface area contributed by atoms with Crippen LogP contribution in [0.1, 0.15) is 30.9 Å². The summed E-state index contributed by atoms with van der Waals surface area (Å²) in [5.74, 6) is 1.03. The van der Waals surface area contributed by atoms with Gasteiger partial charge in [0.05, 0.1) is 0 Å². The number of piperidine rings is 1. The van der Waals surface area contributed by atoms with Crippen molar-refractivity contribution in [3.05, 3.63) is 58.5 Å². The van der Waals surface area contributed by atoms with Crippen LogP contribution in [0.4, 0.5) is 0 Å². The summed E-state index contributed by atoms with van der Waals surface area (Å²) in [7, 11) is 0. The Morgan fingerprint density at radius 2 is 1.86 bits per heavy atom. The van der Waals surface area contributed by atoms with Crippen LogP contribution in [0, 0.1) is 5.92 Å². The van der Waals surface area contributed by atoms with Crippen LogP contribution < -0.4 is 5.56 Å². The van der Waals surface area contributed by atoms with Crippen LogP contribution in [0.5, 0.6) is 0 Å². The molecule has 3 aliphatic rings. The van der Waals surface area contributed by atoms with E-state index in [4.69, 9.17) is 4.74 Å². The molecular formula is C24H26N2O2S. The third-order valence-electron chi connectivity index (χ3n) is 7.02. The van der Waals surface area contributed by atoms with Crippen molar-refractivity contribution in [1.29, 1.82) is 0 Å². The van der Waals surface area contributed by atoms with E-state index in [1.807, 2.05) is 11.3 Å². The Morgan fingerprint density at radius 1 is 1.00 bits per heavy atom. The standard InChI is InChI=1S/C24H26N2O2S/c27-23-6-5-20(22-12-17-3-1-2-4-21(17)29-22)24-18-11-16(14-26(23)24)13-25(15-18)19-7-9-28-10-8-19/h1-6,12,16,18-19H,7-11,13-15H2. The monoisotopic (exact) mass is 406 g/mol. The lowest BCUT2D eigenvalue weighted by Gasteiger charge is -2.47. The fourth-order valence-electron chi connectivity index (χ4n) is 5.72. The highest BCUT2D eigenvalue weighted by atomic mass is 32.1. The zero-order valence-electron chi connectivity index (χ0n) is 16.5. The second kappa shape index (κ2) is 7.08. The molecule has 0 radical (unpaired) electrons. The molecule has 2 aromatic heterocycles. The molecule has 5 heteroatoms. The van der Waals surface area contributed by atoms with E-state index in [-0.39, 0.29) is 5.56 Å². The molecule has 0 N–H and O–H groups in total. The molecule has 5 heterocycles. The maximum Gasteiger partial charge on any atom is 0.250 e. The van der Waals surface area contributed by atoms with Gasteiger partial charge in [-0.2, -0.15) is 0 Å². The lowest BCUT2D eigenvalue weighted by Crippen LogP contribution is -2.51. The van der Waals surface area contributed by atoms with Gasteiger partial charge >= 0.3 is 0 Å². The van der Waals surface area contributed by atoms with Gasteiger partial charge in [-0.3, -0.25) is 9.69 Å². The zero-order chi connectivity index (χ0) is 19.4. The Labute approximate surface area is 174 Å². The van der Waals surface area contributed by atoms with E-state index in [0.29, 0.717) is 17.9 Å². The number of fused-ring (bicyclic) bond motifs is 5. The minimum absolute atomic E-state index is 0.166. The quantitative estimate of drug-likeness (QED) is 0.635. The van der Waals surface area contributed by atoms with Gasteiger partial charge in [-0.25, -0.2) is 0 Å². The van der Waals surface area contributed by atoms with E-state index in [9.17, 15) is 4.79 Å². The van der Waals surface area contributed by atoms with Gasteiger partial charge in [-0.1, -0.05) is 18.2 Å². The van der Waals surface area contributed by atoms with Crippen LogP contribution in [0.25, 0.3) is 20.5 Å². The van der Waals surface area contributed by atoms with E-state index >= 15 is 0 Å². The topological polar surface area (TPSA) is 34.5 Å². The fraction of sp³-hybridized carbons (Fsp3) is 0.458. The Bertz CT molecular complexity index is 1080. The van der Waals surface area contributed by atoms with Crippen LogP contribution in [-0.2, 0) is 11.3 Å². The number of likely N-dealkylation sites (tertiary alicyclic amines) is 1. The summed E-state index contributed by atoms with van der Waals surface area (Å²) >= 11 is 1.84. The summed E-state index contributed by atoms with van der Waals surface area (Å²) in [6, 6.07) is 15.4. The molecule has 29 heavy (non-hydrogen) atoms. The van der Waals surface area contributed by atoms with Crippen LogP contribution in [-0.4, -0.2) is 41.8 Å². The highest BCUT2D eigenvalue weighted by Crippen LogP contribution is 2.43. The fourth-order valence-corrected chi connectivity index (χ4v) is 6.82. The van der Waals surface area contributed by atoms with Gasteiger partial charge in [-0.15, -0.1) is 11.3 Å². The SMILES string of the molecule is O=c1ccc(-c2cc3ccccc3s2)c2n1CC1CC2CN(C2CCOCC2)C1. The summed E-state index contributed by atoms with van der Waals surface area (Å²) in [4.78, 5) is 16.8. The number of hydrogen-bond donors (Lipinski definition) is 0. The first-order valence-electron chi connectivity index (χ1n) is 10.8. The van der Waals surface area contributed by atoms with Crippen LogP contribution in [0.2, 0.25) is 0 Å². The first kappa shape index (κ1) is 17.9. The molecule has 4 nitrogen and oxygen atoms in total. The predicted molar refractivity (Wildman–Crippen MR) is 118 cm³/mol. The number of pyridine rings is 1. The predicted octanol–water partition coefficient (Wildman–Crippen LogP) is 4.33. The molecule has 2 saturated heterocycles. The third-order valence-corrected chi connectivity index (χ3v) is 8.17. The first-order chi connectivity index (χ1) is 14.3. The van der Waals surface area contributed by atoms with Crippen molar-refractivity contribution in [2.75, 3.05) is 26.3 Å². The van der Waals surface area contributed by atoms with Gasteiger partial charge < -0.3 is 9.30 Å². The number of thiophene rings is 1. The van der Waals surface area contributed by atoms with Gasteiger partial charge in [0.1, 0.15) is 0 Å². The summed E-state index contributed by atoms with van der Waals surface area (Å²) in [6.45, 7) is 4.84. The molecule has 1 aromatic carbocycles. The molecule has 6 rings (SSSR count). The Hall–Kier alpha value is -1.95. The largest absolute Gasteiger partial charge is 0.381 e. The lowest BCUT2D eigenvalue weighted by atomic mass is 9.80. The van der Waals surface area contributed by atoms with Crippen LogP contribution >= 0.6 is 11.3 Å². The molecule has 2 bridgehead atoms. The van der Waals surface area contributed by atoms with Crippen LogP contribution in [0.15, 0.2) is 47.3 Å². The molecule has 0 aliphatic carbocycles. The maximum absolute atomic E-state index is 12.8. The van der Waals surface area contributed by atoms with Crippen molar-refractivity contribution in [1.82, 2.24) is 9.47 Å². The summed E-state index contributed by atoms with van der Waals surface area (Å²) in [5.41, 5.74) is 2.71. The Balaban J connectivity index is 1.42. The van der Waals surface area contributed by atoms with E-state index in [0.717, 1.165) is 45.7 Å². The minimum Gasteiger partial charge on any atom is -0.381 e. The highest BCUT2D eigenvalue weighted by molar-refractivity contribution is 7.22. The van der Waals surface area contributed by atoms with Gasteiger partial charge in [0, 0.05) is 71.7 Å². The van der Waals surface area contributed by atoms with Crippen molar-refractivity contribution < 1.29 is 4.74 Å². The van der Waals surface area contributed by atoms with Crippen molar-refractivity contribution in [3.63, 3.8) is 0 Å². The van der Waals surface area contributed by atoms with E-state index in [1.165, 1.54) is 32.6 Å². The molecule has 2 fully saturated rings. The molecule has 150 valence electrons. The number of rotatable bonds is 2. The van der Waals surface area contributed by atoms with Crippen molar-refractivity contribution in [3.8, 4) is 10.4 Å². The summed E-state index contributed by atoms with van der Waals surface area (Å²) in [6.07, 6.45) is 3.50. The molecule has 0 spiro atoms. The first-order valence-corrected chi connectivity index (χ1v) is 11.6. The number of ether oxygens (including phenoxy) is 1. The average molecular weight is 407 g/mol. The van der Waals surface area contributed by atoms with Crippen molar-refractivity contribution in [2.24, 2.45) is 5.92 Å². The van der Waals surface area contributed by atoms with E-state index < -0.39 is 0 Å². The number of aromatic nitrogens is 1. The maximum atomic E-state index is 12.8. The molecule has 0 amide bonds. The molecule has 3 aliphatic heterocycles. The third kappa shape index (κ3) is 3.07. The number of benzene rings is 1. The normalized spacial score (nSPS) is 25.2. The summed E-state index contributed by atoms with van der Waals surface area (Å²) < 4.78 is 9.00. The second-order valence-electron chi connectivity index (χ2n) is 8.83. The smallest absolute Gasteiger partial charge is 0.250 e. The highest BCUT2D eigenvalue weighted by Gasteiger charge is 2.38. The molecule has 0 saturated carbocycles. The van der Waals surface area contributed by atoms with Crippen molar-refractivity contribution >= 4 is 21.4 Å². The molecule has 3 aromatic rings. The molecule has 2 unspecified atom stereocenters. The lowest BCUT2D eigenvalue weighted by molar-refractivity contribution is 0.00597. The van der Waals surface area contributed by atoms with Crippen LogP contribution in [0.3, 0.4) is 0 Å². The summed E-state index contributed by atoms with van der Waals surface area (Å²) in [5, 5.41) is 1.29. The van der Waals surface area contributed by atoms with E-state index in [1.54, 1.807) is 6.07 Å².